The Balaban J connectivity index is 2.07. The molecule has 6 heteroatoms. The van der Waals surface area contributed by atoms with Gasteiger partial charge in [-0.15, -0.1) is 0 Å². The number of hydrogen-bond acceptors (Lipinski definition) is 2. The van der Waals surface area contributed by atoms with Crippen LogP contribution in [0.1, 0.15) is 35.7 Å². The first-order chi connectivity index (χ1) is 8.20. The predicted octanol–water partition coefficient (Wildman–Crippen LogP) is 2.27. The van der Waals surface area contributed by atoms with Crippen molar-refractivity contribution in [3.05, 3.63) is 41.2 Å². The van der Waals surface area contributed by atoms with E-state index in [0.29, 0.717) is 10.7 Å². The van der Waals surface area contributed by atoms with E-state index in [9.17, 15) is 4.79 Å². The lowest BCUT2D eigenvalue weighted by Gasteiger charge is -2.13. The molecule has 3 N–H and O–H groups in total. The second-order valence-corrected chi connectivity index (χ2v) is 4.08. The standard InChI is InChI=1S/C11H13ClN4O/c1-2-8(10-13-3-4-14-10)16-11(17)9-5-7(12)6-15-9/h3-6,8,15H,2H2,1H3,(H,13,14)(H,16,17). The number of rotatable bonds is 4. The van der Waals surface area contributed by atoms with E-state index in [1.807, 2.05) is 6.92 Å². The summed E-state index contributed by atoms with van der Waals surface area (Å²) in [5.41, 5.74) is 0.444. The van der Waals surface area contributed by atoms with Gasteiger partial charge >= 0.3 is 0 Å². The number of H-pyrrole nitrogens is 2. The van der Waals surface area contributed by atoms with Gasteiger partial charge in [0, 0.05) is 18.6 Å². The lowest BCUT2D eigenvalue weighted by Crippen LogP contribution is -2.29. The van der Waals surface area contributed by atoms with E-state index >= 15 is 0 Å². The van der Waals surface area contributed by atoms with Gasteiger partial charge in [0.1, 0.15) is 11.5 Å². The van der Waals surface area contributed by atoms with E-state index < -0.39 is 0 Å². The van der Waals surface area contributed by atoms with E-state index in [-0.39, 0.29) is 11.9 Å². The molecule has 0 saturated carbocycles. The van der Waals surface area contributed by atoms with Crippen LogP contribution in [0.15, 0.2) is 24.7 Å². The highest BCUT2D eigenvalue weighted by Crippen LogP contribution is 2.14. The molecule has 0 fully saturated rings. The number of hydrogen-bond donors (Lipinski definition) is 3. The fraction of sp³-hybridized carbons (Fsp3) is 0.273. The Morgan fingerprint density at radius 3 is 2.94 bits per heavy atom. The summed E-state index contributed by atoms with van der Waals surface area (Å²) < 4.78 is 0. The van der Waals surface area contributed by atoms with Crippen molar-refractivity contribution in [3.63, 3.8) is 0 Å². The lowest BCUT2D eigenvalue weighted by molar-refractivity contribution is 0.0929. The Morgan fingerprint density at radius 1 is 1.59 bits per heavy atom. The van der Waals surface area contributed by atoms with Crippen molar-refractivity contribution >= 4 is 17.5 Å². The maximum atomic E-state index is 11.9. The summed E-state index contributed by atoms with van der Waals surface area (Å²) in [5.74, 6) is 0.554. The zero-order valence-corrected chi connectivity index (χ0v) is 10.1. The predicted molar refractivity (Wildman–Crippen MR) is 64.9 cm³/mol. The maximum absolute atomic E-state index is 11.9. The lowest BCUT2D eigenvalue weighted by atomic mass is 10.2. The molecule has 1 amide bonds. The van der Waals surface area contributed by atoms with Crippen LogP contribution < -0.4 is 5.32 Å². The van der Waals surface area contributed by atoms with E-state index in [1.54, 1.807) is 24.7 Å². The molecule has 2 aromatic rings. The van der Waals surface area contributed by atoms with Gasteiger partial charge in [-0.05, 0) is 12.5 Å². The summed E-state index contributed by atoms with van der Waals surface area (Å²) in [6.07, 6.45) is 5.73. The van der Waals surface area contributed by atoms with E-state index in [4.69, 9.17) is 11.6 Å². The Bertz CT molecular complexity index is 491. The maximum Gasteiger partial charge on any atom is 0.268 e. The molecule has 0 radical (unpaired) electrons. The van der Waals surface area contributed by atoms with Gasteiger partial charge in [-0.2, -0.15) is 0 Å². The van der Waals surface area contributed by atoms with Crippen LogP contribution in [0.25, 0.3) is 0 Å². The first-order valence-electron chi connectivity index (χ1n) is 5.34. The van der Waals surface area contributed by atoms with Crippen LogP contribution in [0.3, 0.4) is 0 Å². The molecule has 0 aromatic carbocycles. The van der Waals surface area contributed by atoms with Crippen molar-refractivity contribution in [2.45, 2.75) is 19.4 Å². The minimum atomic E-state index is -0.194. The van der Waals surface area contributed by atoms with Crippen molar-refractivity contribution in [2.75, 3.05) is 0 Å². The minimum absolute atomic E-state index is 0.125. The summed E-state index contributed by atoms with van der Waals surface area (Å²) in [6.45, 7) is 1.98. The van der Waals surface area contributed by atoms with E-state index in [0.717, 1.165) is 12.2 Å². The van der Waals surface area contributed by atoms with E-state index in [2.05, 4.69) is 20.3 Å². The number of aromatic amines is 2. The molecule has 0 aliphatic heterocycles. The van der Waals surface area contributed by atoms with Crippen LogP contribution in [0.2, 0.25) is 5.02 Å². The van der Waals surface area contributed by atoms with Gasteiger partial charge in [-0.3, -0.25) is 4.79 Å². The third-order valence-corrected chi connectivity index (χ3v) is 2.67. The van der Waals surface area contributed by atoms with Crippen LogP contribution in [-0.2, 0) is 0 Å². The van der Waals surface area contributed by atoms with Crippen molar-refractivity contribution in [1.29, 1.82) is 0 Å². The first kappa shape index (κ1) is 11.7. The summed E-state index contributed by atoms with van der Waals surface area (Å²) >= 11 is 5.74. The zero-order valence-electron chi connectivity index (χ0n) is 9.33. The zero-order chi connectivity index (χ0) is 12.3. The van der Waals surface area contributed by atoms with Crippen LogP contribution in [0, 0.1) is 0 Å². The Labute approximate surface area is 104 Å². The van der Waals surface area contributed by atoms with Crippen molar-refractivity contribution in [3.8, 4) is 0 Å². The number of imidazole rings is 1. The number of nitrogens with zero attached hydrogens (tertiary/aromatic N) is 1. The molecule has 0 aliphatic carbocycles. The Morgan fingerprint density at radius 2 is 2.41 bits per heavy atom. The number of amides is 1. The van der Waals surface area contributed by atoms with Crippen LogP contribution in [0.5, 0.6) is 0 Å². The minimum Gasteiger partial charge on any atom is -0.356 e. The van der Waals surface area contributed by atoms with Gasteiger partial charge in [-0.1, -0.05) is 18.5 Å². The molecule has 0 aliphatic rings. The third-order valence-electron chi connectivity index (χ3n) is 2.46. The number of carbonyl (C=O) groups excluding carboxylic acids is 1. The fourth-order valence-corrected chi connectivity index (χ4v) is 1.73. The highest BCUT2D eigenvalue weighted by molar-refractivity contribution is 6.30. The van der Waals surface area contributed by atoms with Gasteiger partial charge in [-0.25, -0.2) is 4.98 Å². The highest BCUT2D eigenvalue weighted by Gasteiger charge is 2.16. The molecule has 2 heterocycles. The smallest absolute Gasteiger partial charge is 0.268 e. The van der Waals surface area contributed by atoms with Crippen molar-refractivity contribution in [2.24, 2.45) is 0 Å². The largest absolute Gasteiger partial charge is 0.356 e. The molecule has 90 valence electrons. The first-order valence-corrected chi connectivity index (χ1v) is 5.72. The second-order valence-electron chi connectivity index (χ2n) is 3.64. The Hall–Kier alpha value is -1.75. The van der Waals surface area contributed by atoms with Crippen LogP contribution in [-0.4, -0.2) is 20.9 Å². The molecule has 17 heavy (non-hydrogen) atoms. The summed E-state index contributed by atoms with van der Waals surface area (Å²) in [4.78, 5) is 21.8. The molecule has 0 bridgehead atoms. The number of carbonyl (C=O) groups is 1. The van der Waals surface area contributed by atoms with Crippen molar-refractivity contribution < 1.29 is 4.79 Å². The Kier molecular flexibility index (Phi) is 3.49. The average Bonchev–Trinajstić information content (AvgIpc) is 2.96. The van der Waals surface area contributed by atoms with Crippen LogP contribution >= 0.6 is 11.6 Å². The number of aromatic nitrogens is 3. The summed E-state index contributed by atoms with van der Waals surface area (Å²) in [7, 11) is 0. The summed E-state index contributed by atoms with van der Waals surface area (Å²) in [5, 5.41) is 3.39. The summed E-state index contributed by atoms with van der Waals surface area (Å²) in [6, 6.07) is 1.46. The van der Waals surface area contributed by atoms with Crippen molar-refractivity contribution in [1.82, 2.24) is 20.3 Å². The molecule has 0 saturated heterocycles. The second kappa shape index (κ2) is 5.05. The van der Waals surface area contributed by atoms with Gasteiger partial charge < -0.3 is 15.3 Å². The molecular formula is C11H13ClN4O. The molecule has 1 atom stereocenters. The molecule has 1 unspecified atom stereocenters. The molecule has 0 spiro atoms. The van der Waals surface area contributed by atoms with Crippen LogP contribution in [0.4, 0.5) is 0 Å². The van der Waals surface area contributed by atoms with Gasteiger partial charge in [0.2, 0.25) is 0 Å². The number of nitrogens with one attached hydrogen (secondary N) is 3. The third kappa shape index (κ3) is 2.68. The monoisotopic (exact) mass is 252 g/mol. The molecule has 5 nitrogen and oxygen atoms in total. The molecule has 2 rings (SSSR count). The topological polar surface area (TPSA) is 73.6 Å². The highest BCUT2D eigenvalue weighted by atomic mass is 35.5. The normalized spacial score (nSPS) is 12.4. The number of halogens is 1. The fourth-order valence-electron chi connectivity index (χ4n) is 1.57. The van der Waals surface area contributed by atoms with Gasteiger partial charge in [0.15, 0.2) is 0 Å². The average molecular weight is 253 g/mol. The van der Waals surface area contributed by atoms with Gasteiger partial charge in [0.05, 0.1) is 11.1 Å². The quantitative estimate of drug-likeness (QED) is 0.781. The molecular weight excluding hydrogens is 240 g/mol. The van der Waals surface area contributed by atoms with E-state index in [1.165, 1.54) is 0 Å². The van der Waals surface area contributed by atoms with Gasteiger partial charge in [0.25, 0.3) is 5.91 Å². The molecule has 2 aromatic heterocycles. The SMILES string of the molecule is CCC(NC(=O)c1cc(Cl)c[nH]1)c1ncc[nH]1.